The average Bonchev–Trinajstić information content (AvgIpc) is 2.94. The molecular weight excluding hydrogens is 417 g/mol. The van der Waals surface area contributed by atoms with Gasteiger partial charge in [0.05, 0.1) is 11.1 Å². The van der Waals surface area contributed by atoms with E-state index in [-0.39, 0.29) is 11.7 Å². The number of aryl methyl sites for hydroxylation is 1. The number of amides is 1. The minimum atomic E-state index is -3.67. The number of halogens is 5. The molecule has 2 aliphatic rings. The monoisotopic (exact) mass is 439 g/mol. The standard InChI is InChI=1S/C22H21F2NO2.CHF3/c1-13-5-6-14(15-7-8-17(23)18(24)12-15)11-16(13)19-20(26)22(25-21(19)27)9-3-2-4-10-22;2-1(3)4/h5-8,11-12,26H,2-4,9-10H2,1H3,(H,25,27);1H. The number of nitrogens with one attached hydrogen (secondary N) is 1. The number of rotatable bonds is 2. The highest BCUT2D eigenvalue weighted by atomic mass is 19.4. The molecular formula is C23H22F5NO2. The Morgan fingerprint density at radius 1 is 0.935 bits per heavy atom. The molecule has 0 radical (unpaired) electrons. The van der Waals surface area contributed by atoms with Crippen molar-refractivity contribution in [3.05, 3.63) is 64.9 Å². The molecule has 1 fully saturated rings. The molecule has 3 nitrogen and oxygen atoms in total. The van der Waals surface area contributed by atoms with E-state index < -0.39 is 23.9 Å². The summed E-state index contributed by atoms with van der Waals surface area (Å²) in [5, 5.41) is 13.9. The Kier molecular flexibility index (Phi) is 6.67. The highest BCUT2D eigenvalue weighted by molar-refractivity contribution is 6.23. The maximum atomic E-state index is 13.6. The van der Waals surface area contributed by atoms with E-state index in [1.54, 1.807) is 12.1 Å². The number of carbonyl (C=O) groups is 1. The summed E-state index contributed by atoms with van der Waals surface area (Å²) < 4.78 is 55.9. The molecule has 1 saturated carbocycles. The van der Waals surface area contributed by atoms with Crippen molar-refractivity contribution in [2.24, 2.45) is 0 Å². The van der Waals surface area contributed by atoms with Crippen LogP contribution < -0.4 is 5.32 Å². The minimum Gasteiger partial charge on any atom is -0.509 e. The van der Waals surface area contributed by atoms with Gasteiger partial charge in [-0.05, 0) is 60.2 Å². The predicted molar refractivity (Wildman–Crippen MR) is 107 cm³/mol. The zero-order valence-electron chi connectivity index (χ0n) is 16.8. The van der Waals surface area contributed by atoms with Crippen LogP contribution in [0.4, 0.5) is 22.0 Å². The molecule has 4 rings (SSSR count). The normalized spacial score (nSPS) is 17.6. The van der Waals surface area contributed by atoms with E-state index in [4.69, 9.17) is 0 Å². The van der Waals surface area contributed by atoms with E-state index in [0.717, 1.165) is 49.8 Å². The summed E-state index contributed by atoms with van der Waals surface area (Å²) >= 11 is 0. The van der Waals surface area contributed by atoms with Crippen molar-refractivity contribution in [3.8, 4) is 11.1 Å². The van der Waals surface area contributed by atoms with Crippen LogP contribution in [-0.4, -0.2) is 23.2 Å². The van der Waals surface area contributed by atoms with Crippen LogP contribution in [0.15, 0.2) is 42.2 Å². The fraction of sp³-hybridized carbons (Fsp3) is 0.348. The van der Waals surface area contributed by atoms with E-state index in [1.165, 1.54) is 6.07 Å². The van der Waals surface area contributed by atoms with Crippen LogP contribution >= 0.6 is 0 Å². The van der Waals surface area contributed by atoms with Crippen molar-refractivity contribution >= 4 is 11.5 Å². The molecule has 0 bridgehead atoms. The zero-order valence-corrected chi connectivity index (χ0v) is 16.8. The summed E-state index contributed by atoms with van der Waals surface area (Å²) in [6, 6.07) is 9.10. The van der Waals surface area contributed by atoms with Gasteiger partial charge in [-0.2, -0.15) is 13.2 Å². The molecule has 2 N–H and O–H groups in total. The second-order valence-electron chi connectivity index (χ2n) is 7.73. The third kappa shape index (κ3) is 4.73. The first kappa shape index (κ1) is 22.8. The third-order valence-corrected chi connectivity index (χ3v) is 5.74. The molecule has 0 unspecified atom stereocenters. The van der Waals surface area contributed by atoms with Crippen LogP contribution in [-0.2, 0) is 4.79 Å². The van der Waals surface area contributed by atoms with Crippen molar-refractivity contribution in [1.82, 2.24) is 5.32 Å². The SMILES string of the molecule is Cc1ccc(-c2ccc(F)c(F)c2)cc1C1=C(O)C2(CCCCC2)NC1=O.FC(F)F. The van der Waals surface area contributed by atoms with Crippen molar-refractivity contribution in [2.45, 2.75) is 51.2 Å². The molecule has 0 atom stereocenters. The number of hydrogen-bond donors (Lipinski definition) is 2. The molecule has 1 heterocycles. The number of aliphatic hydroxyl groups is 1. The molecule has 1 amide bonds. The Labute approximate surface area is 176 Å². The number of alkyl halides is 3. The van der Waals surface area contributed by atoms with Gasteiger partial charge < -0.3 is 10.4 Å². The number of benzene rings is 2. The molecule has 1 aliphatic heterocycles. The first-order valence-electron chi connectivity index (χ1n) is 9.89. The molecule has 1 spiro atoms. The Hall–Kier alpha value is -2.90. The largest absolute Gasteiger partial charge is 0.509 e. The lowest BCUT2D eigenvalue weighted by Gasteiger charge is -2.33. The van der Waals surface area contributed by atoms with E-state index in [0.29, 0.717) is 22.3 Å². The van der Waals surface area contributed by atoms with E-state index >= 15 is 0 Å². The Morgan fingerprint density at radius 3 is 2.13 bits per heavy atom. The lowest BCUT2D eigenvalue weighted by Crippen LogP contribution is -2.46. The van der Waals surface area contributed by atoms with Gasteiger partial charge in [0.2, 0.25) is 0 Å². The van der Waals surface area contributed by atoms with Crippen LogP contribution in [0.1, 0.15) is 43.2 Å². The molecule has 0 aromatic heterocycles. The molecule has 2 aromatic carbocycles. The summed E-state index contributed by atoms with van der Waals surface area (Å²) in [4.78, 5) is 12.7. The zero-order chi connectivity index (χ0) is 22.8. The van der Waals surface area contributed by atoms with Gasteiger partial charge >= 0.3 is 6.68 Å². The van der Waals surface area contributed by atoms with Gasteiger partial charge in [-0.1, -0.05) is 37.5 Å². The smallest absolute Gasteiger partial charge is 0.379 e. The van der Waals surface area contributed by atoms with Crippen LogP contribution in [0.3, 0.4) is 0 Å². The summed E-state index contributed by atoms with van der Waals surface area (Å²) in [6.45, 7) is -1.80. The summed E-state index contributed by atoms with van der Waals surface area (Å²) in [5.74, 6) is -1.99. The lowest BCUT2D eigenvalue weighted by molar-refractivity contribution is -0.116. The lowest BCUT2D eigenvalue weighted by atomic mass is 9.80. The second-order valence-corrected chi connectivity index (χ2v) is 7.73. The highest BCUT2D eigenvalue weighted by Crippen LogP contribution is 2.42. The topological polar surface area (TPSA) is 49.3 Å². The van der Waals surface area contributed by atoms with Crippen molar-refractivity contribution in [2.75, 3.05) is 0 Å². The van der Waals surface area contributed by atoms with Gasteiger partial charge in [0.15, 0.2) is 11.6 Å². The fourth-order valence-corrected chi connectivity index (χ4v) is 4.20. The first-order chi connectivity index (χ1) is 14.6. The first-order valence-corrected chi connectivity index (χ1v) is 9.89. The van der Waals surface area contributed by atoms with Crippen molar-refractivity contribution in [1.29, 1.82) is 0 Å². The van der Waals surface area contributed by atoms with Crippen LogP contribution in [0, 0.1) is 18.6 Å². The molecule has 31 heavy (non-hydrogen) atoms. The minimum absolute atomic E-state index is 0.109. The van der Waals surface area contributed by atoms with Gasteiger partial charge in [0, 0.05) is 0 Å². The molecule has 8 heteroatoms. The van der Waals surface area contributed by atoms with E-state index in [2.05, 4.69) is 5.32 Å². The maximum Gasteiger partial charge on any atom is 0.379 e. The van der Waals surface area contributed by atoms with Crippen LogP contribution in [0.5, 0.6) is 0 Å². The summed E-state index contributed by atoms with van der Waals surface area (Å²) in [7, 11) is 0. The predicted octanol–water partition coefficient (Wildman–Crippen LogP) is 6.22. The van der Waals surface area contributed by atoms with Gasteiger partial charge in [-0.25, -0.2) is 8.78 Å². The average molecular weight is 439 g/mol. The highest BCUT2D eigenvalue weighted by Gasteiger charge is 2.46. The molecule has 2 aromatic rings. The third-order valence-electron chi connectivity index (χ3n) is 5.74. The molecule has 1 aliphatic carbocycles. The maximum absolute atomic E-state index is 13.6. The van der Waals surface area contributed by atoms with Crippen molar-refractivity contribution < 1.29 is 31.9 Å². The Morgan fingerprint density at radius 2 is 1.52 bits per heavy atom. The van der Waals surface area contributed by atoms with Gasteiger partial charge in [0.25, 0.3) is 5.91 Å². The second kappa shape index (κ2) is 9.08. The number of aliphatic hydroxyl groups excluding tert-OH is 1. The van der Waals surface area contributed by atoms with Gasteiger partial charge in [-0.3, -0.25) is 4.79 Å². The Balaban J connectivity index is 0.000000628. The summed E-state index contributed by atoms with van der Waals surface area (Å²) in [5.41, 5.74) is 2.27. The molecule has 166 valence electrons. The van der Waals surface area contributed by atoms with Crippen LogP contribution in [0.25, 0.3) is 16.7 Å². The van der Waals surface area contributed by atoms with Gasteiger partial charge in [0.1, 0.15) is 5.76 Å². The summed E-state index contributed by atoms with van der Waals surface area (Å²) in [6.07, 6.45) is 4.49. The van der Waals surface area contributed by atoms with Crippen LogP contribution in [0.2, 0.25) is 0 Å². The Bertz CT molecular complexity index is 1010. The molecule has 0 saturated heterocycles. The van der Waals surface area contributed by atoms with E-state index in [1.807, 2.05) is 13.0 Å². The van der Waals surface area contributed by atoms with Crippen molar-refractivity contribution in [3.63, 3.8) is 0 Å². The van der Waals surface area contributed by atoms with Gasteiger partial charge in [-0.15, -0.1) is 0 Å². The fourth-order valence-electron chi connectivity index (χ4n) is 4.20. The quantitative estimate of drug-likeness (QED) is 0.546. The number of carbonyl (C=O) groups excluding carboxylic acids is 1. The number of hydrogen-bond acceptors (Lipinski definition) is 2. The van der Waals surface area contributed by atoms with E-state index in [9.17, 15) is 31.9 Å².